The predicted octanol–water partition coefficient (Wildman–Crippen LogP) is 3.99. The number of rotatable bonds is 4. The second kappa shape index (κ2) is 9.37. The molecule has 184 valence electrons. The molecule has 1 aliphatic carbocycles. The SMILES string of the molecule is O=C(C1CCCCC1CN1C(=O)c2ccccc2C1=O)N1CCN(c2ccc3ccccc3n2)CC1. The van der Waals surface area contributed by atoms with Crippen LogP contribution in [0.1, 0.15) is 46.4 Å². The van der Waals surface area contributed by atoms with E-state index in [1.807, 2.05) is 23.1 Å². The van der Waals surface area contributed by atoms with Gasteiger partial charge in [-0.1, -0.05) is 43.2 Å². The number of carbonyl (C=O) groups is 3. The molecule has 1 saturated carbocycles. The fourth-order valence-electron chi connectivity index (χ4n) is 6.01. The molecule has 6 rings (SSSR count). The minimum atomic E-state index is -0.233. The van der Waals surface area contributed by atoms with Gasteiger partial charge in [-0.3, -0.25) is 19.3 Å². The molecule has 2 unspecified atom stereocenters. The van der Waals surface area contributed by atoms with Crippen molar-refractivity contribution in [1.82, 2.24) is 14.8 Å². The fraction of sp³-hybridized carbons (Fsp3) is 0.379. The zero-order valence-electron chi connectivity index (χ0n) is 20.3. The summed E-state index contributed by atoms with van der Waals surface area (Å²) < 4.78 is 0. The van der Waals surface area contributed by atoms with Crippen molar-refractivity contribution in [3.63, 3.8) is 0 Å². The lowest BCUT2D eigenvalue weighted by Crippen LogP contribution is -2.52. The van der Waals surface area contributed by atoms with Crippen molar-refractivity contribution in [3.8, 4) is 0 Å². The van der Waals surface area contributed by atoms with Gasteiger partial charge >= 0.3 is 0 Å². The highest BCUT2D eigenvalue weighted by Crippen LogP contribution is 2.34. The van der Waals surface area contributed by atoms with Gasteiger partial charge in [0.2, 0.25) is 5.91 Å². The van der Waals surface area contributed by atoms with Crippen LogP contribution in [0, 0.1) is 11.8 Å². The first kappa shape index (κ1) is 22.7. The van der Waals surface area contributed by atoms with Crippen LogP contribution in [0.15, 0.2) is 60.7 Å². The maximum absolute atomic E-state index is 13.6. The van der Waals surface area contributed by atoms with Crippen LogP contribution >= 0.6 is 0 Å². The topological polar surface area (TPSA) is 73.8 Å². The number of carbonyl (C=O) groups excluding carboxylic acids is 3. The molecular formula is C29H30N4O3. The van der Waals surface area contributed by atoms with Gasteiger partial charge in [-0.15, -0.1) is 0 Å². The molecular weight excluding hydrogens is 452 g/mol. The van der Waals surface area contributed by atoms with E-state index in [0.29, 0.717) is 30.8 Å². The Morgan fingerprint density at radius 3 is 2.22 bits per heavy atom. The van der Waals surface area contributed by atoms with Crippen molar-refractivity contribution in [2.45, 2.75) is 25.7 Å². The second-order valence-corrected chi connectivity index (χ2v) is 10.1. The number of hydrogen-bond donors (Lipinski definition) is 0. The van der Waals surface area contributed by atoms with E-state index in [9.17, 15) is 14.4 Å². The molecule has 7 heteroatoms. The normalized spacial score (nSPS) is 22.3. The van der Waals surface area contributed by atoms with E-state index in [1.165, 1.54) is 4.90 Å². The molecule has 3 heterocycles. The molecule has 3 amide bonds. The number of anilines is 1. The molecule has 0 N–H and O–H groups in total. The van der Waals surface area contributed by atoms with Gasteiger partial charge in [-0.25, -0.2) is 4.98 Å². The predicted molar refractivity (Wildman–Crippen MR) is 138 cm³/mol. The Morgan fingerprint density at radius 1 is 0.806 bits per heavy atom. The van der Waals surface area contributed by atoms with E-state index in [0.717, 1.165) is 55.5 Å². The number of aromatic nitrogens is 1. The van der Waals surface area contributed by atoms with E-state index in [2.05, 4.69) is 23.1 Å². The van der Waals surface area contributed by atoms with Crippen molar-refractivity contribution >= 4 is 34.4 Å². The third-order valence-electron chi connectivity index (χ3n) is 8.02. The first-order valence-electron chi connectivity index (χ1n) is 12.9. The summed E-state index contributed by atoms with van der Waals surface area (Å²) in [4.78, 5) is 49.9. The molecule has 36 heavy (non-hydrogen) atoms. The molecule has 2 fully saturated rings. The lowest BCUT2D eigenvalue weighted by Gasteiger charge is -2.40. The Balaban J connectivity index is 1.12. The van der Waals surface area contributed by atoms with Gasteiger partial charge in [0.05, 0.1) is 16.6 Å². The lowest BCUT2D eigenvalue weighted by molar-refractivity contribution is -0.139. The number of hydrogen-bond acceptors (Lipinski definition) is 5. The van der Waals surface area contributed by atoms with E-state index in [-0.39, 0.29) is 29.6 Å². The Morgan fingerprint density at radius 2 is 1.47 bits per heavy atom. The monoisotopic (exact) mass is 482 g/mol. The summed E-state index contributed by atoms with van der Waals surface area (Å²) in [6, 6.07) is 19.2. The van der Waals surface area contributed by atoms with Crippen LogP contribution in [0.5, 0.6) is 0 Å². The number of piperazine rings is 1. The number of fused-ring (bicyclic) bond motifs is 2. The van der Waals surface area contributed by atoms with Gasteiger partial charge in [0.15, 0.2) is 0 Å². The third kappa shape index (κ3) is 4.02. The summed E-state index contributed by atoms with van der Waals surface area (Å²) in [6.45, 7) is 3.12. The first-order valence-corrected chi connectivity index (χ1v) is 12.9. The van der Waals surface area contributed by atoms with Gasteiger partial charge in [0.1, 0.15) is 5.82 Å². The molecule has 7 nitrogen and oxygen atoms in total. The quantitative estimate of drug-likeness (QED) is 0.526. The van der Waals surface area contributed by atoms with Crippen LogP contribution in [0.3, 0.4) is 0 Å². The zero-order chi connectivity index (χ0) is 24.6. The standard InChI is InChI=1S/C29H30N4O3/c34-27(32-17-15-31(16-18-32)26-14-13-20-7-2-6-12-25(20)30-26)22-9-3-1-8-21(22)19-33-28(35)23-10-4-5-11-24(23)29(33)36/h2,4-7,10-14,21-22H,1,3,8-9,15-19H2. The van der Waals surface area contributed by atoms with Crippen LogP contribution in [-0.4, -0.2) is 65.2 Å². The van der Waals surface area contributed by atoms with E-state index in [4.69, 9.17) is 4.98 Å². The van der Waals surface area contributed by atoms with Crippen molar-refractivity contribution < 1.29 is 14.4 Å². The van der Waals surface area contributed by atoms with Crippen molar-refractivity contribution in [2.75, 3.05) is 37.6 Å². The molecule has 0 bridgehead atoms. The number of para-hydroxylation sites is 1. The number of imide groups is 1. The van der Waals surface area contributed by atoms with Crippen LogP contribution in [0.4, 0.5) is 5.82 Å². The summed E-state index contributed by atoms with van der Waals surface area (Å²) in [5.41, 5.74) is 1.92. The summed E-state index contributed by atoms with van der Waals surface area (Å²) in [7, 11) is 0. The molecule has 2 atom stereocenters. The first-order chi connectivity index (χ1) is 17.6. The molecule has 3 aromatic rings. The van der Waals surface area contributed by atoms with Crippen molar-refractivity contribution in [3.05, 3.63) is 71.8 Å². The lowest BCUT2D eigenvalue weighted by atomic mass is 9.78. The number of amides is 3. The fourth-order valence-corrected chi connectivity index (χ4v) is 6.01. The van der Waals surface area contributed by atoms with Crippen molar-refractivity contribution in [1.29, 1.82) is 0 Å². The zero-order valence-corrected chi connectivity index (χ0v) is 20.3. The molecule has 3 aliphatic rings. The minimum Gasteiger partial charge on any atom is -0.353 e. The number of pyridine rings is 1. The maximum Gasteiger partial charge on any atom is 0.261 e. The van der Waals surface area contributed by atoms with Crippen LogP contribution in [0.25, 0.3) is 10.9 Å². The van der Waals surface area contributed by atoms with Crippen LogP contribution in [0.2, 0.25) is 0 Å². The molecule has 0 radical (unpaired) electrons. The molecule has 1 saturated heterocycles. The summed E-state index contributed by atoms with van der Waals surface area (Å²) in [5.74, 6) is 0.513. The molecule has 0 spiro atoms. The third-order valence-corrected chi connectivity index (χ3v) is 8.02. The number of benzene rings is 2. The largest absolute Gasteiger partial charge is 0.353 e. The van der Waals surface area contributed by atoms with Gasteiger partial charge < -0.3 is 9.80 Å². The maximum atomic E-state index is 13.6. The Bertz CT molecular complexity index is 1300. The van der Waals surface area contributed by atoms with E-state index >= 15 is 0 Å². The van der Waals surface area contributed by atoms with Gasteiger partial charge in [-0.2, -0.15) is 0 Å². The number of nitrogens with zero attached hydrogens (tertiary/aromatic N) is 4. The van der Waals surface area contributed by atoms with E-state index in [1.54, 1.807) is 24.3 Å². The smallest absolute Gasteiger partial charge is 0.261 e. The van der Waals surface area contributed by atoms with Crippen molar-refractivity contribution in [2.24, 2.45) is 11.8 Å². The second-order valence-electron chi connectivity index (χ2n) is 10.1. The highest BCUT2D eigenvalue weighted by molar-refractivity contribution is 6.21. The van der Waals surface area contributed by atoms with Gasteiger partial charge in [0, 0.05) is 44.0 Å². The van der Waals surface area contributed by atoms with Crippen LogP contribution < -0.4 is 4.90 Å². The van der Waals surface area contributed by atoms with Gasteiger partial charge in [-0.05, 0) is 49.1 Å². The molecule has 1 aromatic heterocycles. The Hall–Kier alpha value is -3.74. The highest BCUT2D eigenvalue weighted by atomic mass is 16.2. The summed E-state index contributed by atoms with van der Waals surface area (Å²) in [6.07, 6.45) is 3.72. The molecule has 2 aromatic carbocycles. The highest BCUT2D eigenvalue weighted by Gasteiger charge is 2.41. The molecule has 2 aliphatic heterocycles. The summed E-state index contributed by atoms with van der Waals surface area (Å²) >= 11 is 0. The summed E-state index contributed by atoms with van der Waals surface area (Å²) in [5, 5.41) is 1.12. The van der Waals surface area contributed by atoms with E-state index < -0.39 is 0 Å². The van der Waals surface area contributed by atoms with Crippen LogP contribution in [-0.2, 0) is 4.79 Å². The average molecular weight is 483 g/mol. The minimum absolute atomic E-state index is 0.00801. The Labute approximate surface area is 210 Å². The average Bonchev–Trinajstić information content (AvgIpc) is 3.18. The van der Waals surface area contributed by atoms with Gasteiger partial charge in [0.25, 0.3) is 11.8 Å². The Kier molecular flexibility index (Phi) is 5.91.